The zero-order chi connectivity index (χ0) is 11.8. The number of halogens is 1. The van der Waals surface area contributed by atoms with Crippen LogP contribution in [0.4, 0.5) is 0 Å². The number of nitrogens with two attached hydrogens (primary N) is 1. The van der Waals surface area contributed by atoms with E-state index in [-0.39, 0.29) is 11.2 Å². The van der Waals surface area contributed by atoms with Crippen LogP contribution in [0.3, 0.4) is 0 Å². The number of rotatable bonds is 4. The van der Waals surface area contributed by atoms with Crippen molar-refractivity contribution in [2.24, 2.45) is 5.73 Å². The first-order valence-corrected chi connectivity index (χ1v) is 6.19. The molecule has 3 nitrogen and oxygen atoms in total. The maximum atomic E-state index is 9.80. The van der Waals surface area contributed by atoms with E-state index in [0.717, 1.165) is 29.3 Å². The molecule has 0 atom stereocenters. The first-order valence-electron chi connectivity index (χ1n) is 5.40. The van der Waals surface area contributed by atoms with E-state index in [1.807, 2.05) is 6.07 Å². The highest BCUT2D eigenvalue weighted by atomic mass is 79.9. The molecule has 16 heavy (non-hydrogen) atoms. The van der Waals surface area contributed by atoms with E-state index in [0.29, 0.717) is 12.3 Å². The van der Waals surface area contributed by atoms with Crippen LogP contribution in [0.15, 0.2) is 16.6 Å². The van der Waals surface area contributed by atoms with Crippen LogP contribution >= 0.6 is 15.9 Å². The lowest BCUT2D eigenvalue weighted by Crippen LogP contribution is -2.14. The fourth-order valence-corrected chi connectivity index (χ4v) is 2.94. The third kappa shape index (κ3) is 1.92. The SMILES string of the molecule is COc1cc(Br)c(C2(CCN)CC2)cc1O. The molecule has 1 aromatic rings. The molecule has 0 heterocycles. The Bertz CT molecular complexity index is 402. The minimum absolute atomic E-state index is 0.178. The first-order chi connectivity index (χ1) is 7.63. The van der Waals surface area contributed by atoms with Gasteiger partial charge < -0.3 is 15.6 Å². The van der Waals surface area contributed by atoms with Crippen LogP contribution in [-0.4, -0.2) is 18.8 Å². The average molecular weight is 286 g/mol. The largest absolute Gasteiger partial charge is 0.504 e. The molecular formula is C12H16BrNO2. The van der Waals surface area contributed by atoms with Gasteiger partial charge in [-0.2, -0.15) is 0 Å². The smallest absolute Gasteiger partial charge is 0.161 e. The van der Waals surface area contributed by atoms with Crippen LogP contribution in [0.1, 0.15) is 24.8 Å². The van der Waals surface area contributed by atoms with Crippen LogP contribution in [0.25, 0.3) is 0 Å². The van der Waals surface area contributed by atoms with Crippen molar-refractivity contribution in [3.63, 3.8) is 0 Å². The van der Waals surface area contributed by atoms with Gasteiger partial charge in [-0.15, -0.1) is 0 Å². The van der Waals surface area contributed by atoms with Crippen LogP contribution in [0.2, 0.25) is 0 Å². The summed E-state index contributed by atoms with van der Waals surface area (Å²) in [7, 11) is 1.55. The molecule has 2 rings (SSSR count). The zero-order valence-corrected chi connectivity index (χ0v) is 10.9. The Hall–Kier alpha value is -0.740. The zero-order valence-electron chi connectivity index (χ0n) is 9.29. The second-order valence-electron chi connectivity index (χ2n) is 4.32. The van der Waals surface area contributed by atoms with E-state index in [4.69, 9.17) is 10.5 Å². The molecule has 1 fully saturated rings. The molecule has 1 aliphatic rings. The van der Waals surface area contributed by atoms with Gasteiger partial charge in [0.1, 0.15) is 0 Å². The van der Waals surface area contributed by atoms with Crippen molar-refractivity contribution in [3.05, 3.63) is 22.2 Å². The normalized spacial score (nSPS) is 17.2. The predicted octanol–water partition coefficient (Wildman–Crippen LogP) is 2.54. The lowest BCUT2D eigenvalue weighted by molar-refractivity contribution is 0.372. The lowest BCUT2D eigenvalue weighted by Gasteiger charge is -2.18. The Morgan fingerprint density at radius 3 is 2.69 bits per heavy atom. The highest BCUT2D eigenvalue weighted by Gasteiger charge is 2.44. The fraction of sp³-hybridized carbons (Fsp3) is 0.500. The highest BCUT2D eigenvalue weighted by molar-refractivity contribution is 9.10. The van der Waals surface area contributed by atoms with Crippen LogP contribution in [0.5, 0.6) is 11.5 Å². The van der Waals surface area contributed by atoms with Crippen LogP contribution in [0, 0.1) is 0 Å². The number of aromatic hydroxyl groups is 1. The summed E-state index contributed by atoms with van der Waals surface area (Å²) in [5.41, 5.74) is 6.96. The summed E-state index contributed by atoms with van der Waals surface area (Å²) in [6.07, 6.45) is 3.26. The molecule has 88 valence electrons. The van der Waals surface area contributed by atoms with Gasteiger partial charge >= 0.3 is 0 Å². The summed E-state index contributed by atoms with van der Waals surface area (Å²) >= 11 is 3.54. The Balaban J connectivity index is 2.39. The van der Waals surface area contributed by atoms with Crippen molar-refractivity contribution in [2.75, 3.05) is 13.7 Å². The van der Waals surface area contributed by atoms with Gasteiger partial charge in [-0.1, -0.05) is 15.9 Å². The molecule has 4 heteroatoms. The van der Waals surface area contributed by atoms with Gasteiger partial charge in [0.15, 0.2) is 11.5 Å². The van der Waals surface area contributed by atoms with E-state index in [1.54, 1.807) is 13.2 Å². The van der Waals surface area contributed by atoms with Crippen molar-refractivity contribution in [1.82, 2.24) is 0 Å². The molecule has 0 aromatic heterocycles. The lowest BCUT2D eigenvalue weighted by atomic mass is 9.92. The molecule has 0 unspecified atom stereocenters. The van der Waals surface area contributed by atoms with Crippen molar-refractivity contribution in [2.45, 2.75) is 24.7 Å². The summed E-state index contributed by atoms with van der Waals surface area (Å²) in [6, 6.07) is 3.62. The van der Waals surface area contributed by atoms with Crippen molar-refractivity contribution < 1.29 is 9.84 Å². The Kier molecular flexibility index (Phi) is 3.13. The summed E-state index contributed by atoms with van der Waals surface area (Å²) in [6.45, 7) is 0.680. The third-order valence-corrected chi connectivity index (χ3v) is 3.97. The molecule has 0 amide bonds. The maximum absolute atomic E-state index is 9.80. The van der Waals surface area contributed by atoms with Crippen molar-refractivity contribution in [1.29, 1.82) is 0 Å². The topological polar surface area (TPSA) is 55.5 Å². The molecule has 0 radical (unpaired) electrons. The molecule has 0 aliphatic heterocycles. The standard InChI is InChI=1S/C12H16BrNO2/c1-16-11-7-9(13)8(6-10(11)15)12(2-3-12)4-5-14/h6-7,15H,2-5,14H2,1H3. The number of hydrogen-bond donors (Lipinski definition) is 2. The maximum Gasteiger partial charge on any atom is 0.161 e. The van der Waals surface area contributed by atoms with E-state index in [2.05, 4.69) is 15.9 Å². The molecule has 1 saturated carbocycles. The summed E-state index contributed by atoms with van der Waals surface area (Å²) in [5.74, 6) is 0.697. The van der Waals surface area contributed by atoms with Crippen LogP contribution < -0.4 is 10.5 Å². The number of ether oxygens (including phenoxy) is 1. The number of phenolic OH excluding ortho intramolecular Hbond substituents is 1. The molecular weight excluding hydrogens is 270 g/mol. The summed E-state index contributed by atoms with van der Waals surface area (Å²) < 4.78 is 6.06. The average Bonchev–Trinajstić information content (AvgIpc) is 3.02. The Labute approximate surface area is 104 Å². The van der Waals surface area contributed by atoms with E-state index < -0.39 is 0 Å². The summed E-state index contributed by atoms with van der Waals surface area (Å²) in [4.78, 5) is 0. The van der Waals surface area contributed by atoms with E-state index >= 15 is 0 Å². The highest BCUT2D eigenvalue weighted by Crippen LogP contribution is 2.54. The van der Waals surface area contributed by atoms with E-state index in [1.165, 1.54) is 0 Å². The Morgan fingerprint density at radius 2 is 2.19 bits per heavy atom. The number of hydrogen-bond acceptors (Lipinski definition) is 3. The van der Waals surface area contributed by atoms with Gasteiger partial charge in [-0.25, -0.2) is 0 Å². The molecule has 3 N–H and O–H groups in total. The number of benzene rings is 1. The van der Waals surface area contributed by atoms with Crippen molar-refractivity contribution >= 4 is 15.9 Å². The summed E-state index contributed by atoms with van der Waals surface area (Å²) in [5, 5.41) is 9.80. The van der Waals surface area contributed by atoms with Crippen LogP contribution in [-0.2, 0) is 5.41 Å². The van der Waals surface area contributed by atoms with Gasteiger partial charge in [-0.05, 0) is 48.9 Å². The quantitative estimate of drug-likeness (QED) is 0.894. The molecule has 1 aliphatic carbocycles. The Morgan fingerprint density at radius 1 is 1.50 bits per heavy atom. The minimum atomic E-state index is 0.178. The van der Waals surface area contributed by atoms with Gasteiger partial charge in [0.2, 0.25) is 0 Å². The number of phenols is 1. The molecule has 0 saturated heterocycles. The molecule has 1 aromatic carbocycles. The van der Waals surface area contributed by atoms with Gasteiger partial charge in [0.25, 0.3) is 0 Å². The van der Waals surface area contributed by atoms with Crippen molar-refractivity contribution in [3.8, 4) is 11.5 Å². The van der Waals surface area contributed by atoms with Gasteiger partial charge in [0, 0.05) is 4.47 Å². The number of methoxy groups -OCH3 is 1. The third-order valence-electron chi connectivity index (χ3n) is 3.32. The predicted molar refractivity (Wildman–Crippen MR) is 66.9 cm³/mol. The van der Waals surface area contributed by atoms with E-state index in [9.17, 15) is 5.11 Å². The fourth-order valence-electron chi connectivity index (χ4n) is 2.19. The van der Waals surface area contributed by atoms with Gasteiger partial charge in [0.05, 0.1) is 7.11 Å². The second kappa shape index (κ2) is 4.26. The first kappa shape index (κ1) is 11.7. The minimum Gasteiger partial charge on any atom is -0.504 e. The molecule has 0 bridgehead atoms. The van der Waals surface area contributed by atoms with Gasteiger partial charge in [-0.3, -0.25) is 0 Å². The second-order valence-corrected chi connectivity index (χ2v) is 5.18. The molecule has 0 spiro atoms. The monoisotopic (exact) mass is 285 g/mol.